The van der Waals surface area contributed by atoms with E-state index < -0.39 is 0 Å². The van der Waals surface area contributed by atoms with Gasteiger partial charge in [-0.15, -0.1) is 0 Å². The summed E-state index contributed by atoms with van der Waals surface area (Å²) in [7, 11) is 0. The highest BCUT2D eigenvalue weighted by Gasteiger charge is 2.25. The number of nitrogens with one attached hydrogen (secondary N) is 2. The lowest BCUT2D eigenvalue weighted by Crippen LogP contribution is -2.47. The summed E-state index contributed by atoms with van der Waals surface area (Å²) in [4.78, 5) is 12.6. The van der Waals surface area contributed by atoms with Crippen molar-refractivity contribution < 1.29 is 0 Å². The molecule has 7 heteroatoms. The summed E-state index contributed by atoms with van der Waals surface area (Å²) >= 11 is 5.96. The Morgan fingerprint density at radius 1 is 1.15 bits per heavy atom. The number of hydrogen-bond acceptors (Lipinski definition) is 6. The first kappa shape index (κ1) is 15.3. The topological polar surface area (TPSA) is 66.0 Å². The van der Waals surface area contributed by atoms with E-state index in [0.29, 0.717) is 24.0 Å². The lowest BCUT2D eigenvalue weighted by Gasteiger charge is -2.38. The van der Waals surface area contributed by atoms with Gasteiger partial charge in [0, 0.05) is 18.6 Å². The fourth-order valence-corrected chi connectivity index (χ4v) is 2.63. The van der Waals surface area contributed by atoms with Gasteiger partial charge in [-0.05, 0) is 44.7 Å². The number of halogens is 1. The fourth-order valence-electron chi connectivity index (χ4n) is 2.47. The van der Waals surface area contributed by atoms with Crippen molar-refractivity contribution in [2.75, 3.05) is 17.3 Å². The lowest BCUT2D eigenvalue weighted by atomic mass is 10.00. The number of piperidine rings is 1. The Balaban J connectivity index is 2.09. The minimum atomic E-state index is 0.207. The van der Waals surface area contributed by atoms with E-state index in [2.05, 4.69) is 51.5 Å². The van der Waals surface area contributed by atoms with E-state index in [-0.39, 0.29) is 5.28 Å². The average molecular weight is 299 g/mol. The second kappa shape index (κ2) is 7.04. The molecule has 1 fully saturated rings. The van der Waals surface area contributed by atoms with Crippen LogP contribution in [0, 0.1) is 0 Å². The van der Waals surface area contributed by atoms with Gasteiger partial charge in [-0.3, -0.25) is 5.43 Å². The number of nitrogens with zero attached hydrogens (tertiary/aromatic N) is 4. The summed E-state index contributed by atoms with van der Waals surface area (Å²) in [6, 6.07) is 0.919. The molecule has 1 saturated heterocycles. The van der Waals surface area contributed by atoms with Crippen molar-refractivity contribution in [3.63, 3.8) is 0 Å². The van der Waals surface area contributed by atoms with E-state index in [1.165, 1.54) is 19.3 Å². The first-order valence-corrected chi connectivity index (χ1v) is 7.68. The Morgan fingerprint density at radius 3 is 2.45 bits per heavy atom. The molecule has 6 nitrogen and oxygen atoms in total. The molecule has 0 radical (unpaired) electrons. The van der Waals surface area contributed by atoms with Crippen LogP contribution in [-0.4, -0.2) is 38.6 Å². The van der Waals surface area contributed by atoms with Crippen molar-refractivity contribution in [2.24, 2.45) is 0 Å². The van der Waals surface area contributed by atoms with E-state index in [1.807, 2.05) is 0 Å². The Bertz CT molecular complexity index is 431. The summed E-state index contributed by atoms with van der Waals surface area (Å²) in [5.41, 5.74) is 3.28. The molecule has 1 aromatic heterocycles. The Labute approximate surface area is 125 Å². The van der Waals surface area contributed by atoms with Gasteiger partial charge >= 0.3 is 0 Å². The first-order valence-electron chi connectivity index (χ1n) is 7.30. The van der Waals surface area contributed by atoms with Crippen molar-refractivity contribution >= 4 is 23.5 Å². The highest BCUT2D eigenvalue weighted by molar-refractivity contribution is 6.28. The SMILES string of the molecule is CCCNc1nc(Cl)nc(NN2C(C)CCCC2C)n1. The number of hydrogen-bond donors (Lipinski definition) is 2. The van der Waals surface area contributed by atoms with Crippen LogP contribution in [0.5, 0.6) is 0 Å². The van der Waals surface area contributed by atoms with E-state index in [9.17, 15) is 0 Å². The summed E-state index contributed by atoms with van der Waals surface area (Å²) in [6.45, 7) is 7.33. The van der Waals surface area contributed by atoms with Gasteiger partial charge in [0.1, 0.15) is 0 Å². The predicted octanol–water partition coefficient (Wildman–Crippen LogP) is 2.94. The first-order chi connectivity index (χ1) is 9.60. The van der Waals surface area contributed by atoms with Crippen LogP contribution in [0.4, 0.5) is 11.9 Å². The van der Waals surface area contributed by atoms with Gasteiger partial charge in [-0.1, -0.05) is 13.3 Å². The van der Waals surface area contributed by atoms with Crippen LogP contribution in [0.25, 0.3) is 0 Å². The third-order valence-corrected chi connectivity index (χ3v) is 3.73. The second-order valence-corrected chi connectivity index (χ2v) is 5.66. The van der Waals surface area contributed by atoms with E-state index in [1.54, 1.807) is 0 Å². The van der Waals surface area contributed by atoms with Crippen molar-refractivity contribution in [1.82, 2.24) is 20.0 Å². The smallest absolute Gasteiger partial charge is 0.243 e. The number of hydrazine groups is 1. The van der Waals surface area contributed by atoms with Gasteiger partial charge in [0.25, 0.3) is 0 Å². The maximum atomic E-state index is 5.96. The van der Waals surface area contributed by atoms with Gasteiger partial charge in [0.05, 0.1) is 0 Å². The van der Waals surface area contributed by atoms with Crippen molar-refractivity contribution in [3.05, 3.63) is 5.28 Å². The van der Waals surface area contributed by atoms with Crippen LogP contribution < -0.4 is 10.7 Å². The van der Waals surface area contributed by atoms with Crippen molar-refractivity contribution in [3.8, 4) is 0 Å². The van der Waals surface area contributed by atoms with Gasteiger partial charge in [0.2, 0.25) is 17.2 Å². The molecule has 0 aliphatic carbocycles. The molecule has 2 heterocycles. The van der Waals surface area contributed by atoms with Crippen LogP contribution >= 0.6 is 11.6 Å². The molecule has 2 N–H and O–H groups in total. The normalized spacial score (nSPS) is 23.6. The fraction of sp³-hybridized carbons (Fsp3) is 0.769. The van der Waals surface area contributed by atoms with E-state index in [4.69, 9.17) is 11.6 Å². The number of aromatic nitrogens is 3. The van der Waals surface area contributed by atoms with E-state index >= 15 is 0 Å². The minimum absolute atomic E-state index is 0.207. The van der Waals surface area contributed by atoms with Crippen molar-refractivity contribution in [2.45, 2.75) is 58.5 Å². The maximum absolute atomic E-state index is 5.96. The molecule has 1 aliphatic rings. The van der Waals surface area contributed by atoms with Crippen LogP contribution in [0.15, 0.2) is 0 Å². The van der Waals surface area contributed by atoms with E-state index in [0.717, 1.165) is 13.0 Å². The summed E-state index contributed by atoms with van der Waals surface area (Å²) < 4.78 is 0. The summed E-state index contributed by atoms with van der Waals surface area (Å²) in [6.07, 6.45) is 4.63. The largest absolute Gasteiger partial charge is 0.354 e. The summed E-state index contributed by atoms with van der Waals surface area (Å²) in [5.74, 6) is 1.02. The summed E-state index contributed by atoms with van der Waals surface area (Å²) in [5, 5.41) is 5.54. The predicted molar refractivity (Wildman–Crippen MR) is 81.9 cm³/mol. The highest BCUT2D eigenvalue weighted by Crippen LogP contribution is 2.22. The molecule has 2 unspecified atom stereocenters. The zero-order chi connectivity index (χ0) is 14.5. The van der Waals surface area contributed by atoms with Crippen LogP contribution in [0.1, 0.15) is 46.5 Å². The molecule has 20 heavy (non-hydrogen) atoms. The molecule has 2 atom stereocenters. The zero-order valence-electron chi connectivity index (χ0n) is 12.4. The van der Waals surface area contributed by atoms with Crippen LogP contribution in [0.3, 0.4) is 0 Å². The molecule has 0 saturated carbocycles. The standard InChI is InChI=1S/C13H23ClN6/c1-4-8-15-12-16-11(14)17-13(18-12)19-20-9(2)6-5-7-10(20)3/h9-10H,4-8H2,1-3H3,(H2,15,16,17,18,19). The Hall–Kier alpha value is -1.14. The third kappa shape index (κ3) is 3.93. The molecular formula is C13H23ClN6. The quantitative estimate of drug-likeness (QED) is 0.871. The second-order valence-electron chi connectivity index (χ2n) is 5.33. The molecule has 0 bridgehead atoms. The minimum Gasteiger partial charge on any atom is -0.354 e. The van der Waals surface area contributed by atoms with Crippen LogP contribution in [-0.2, 0) is 0 Å². The zero-order valence-corrected chi connectivity index (χ0v) is 13.1. The van der Waals surface area contributed by atoms with Gasteiger partial charge in [-0.2, -0.15) is 15.0 Å². The number of rotatable bonds is 5. The molecule has 1 aliphatic heterocycles. The van der Waals surface area contributed by atoms with Gasteiger partial charge < -0.3 is 5.32 Å². The van der Waals surface area contributed by atoms with Crippen molar-refractivity contribution in [1.29, 1.82) is 0 Å². The molecule has 2 rings (SSSR count). The lowest BCUT2D eigenvalue weighted by molar-refractivity contribution is 0.134. The maximum Gasteiger partial charge on any atom is 0.243 e. The Morgan fingerprint density at radius 2 is 1.80 bits per heavy atom. The molecule has 0 aromatic carbocycles. The highest BCUT2D eigenvalue weighted by atomic mass is 35.5. The van der Waals surface area contributed by atoms with Gasteiger partial charge in [0.15, 0.2) is 0 Å². The third-order valence-electron chi connectivity index (χ3n) is 3.56. The van der Waals surface area contributed by atoms with Gasteiger partial charge in [-0.25, -0.2) is 5.01 Å². The molecule has 112 valence electrons. The molecule has 1 aromatic rings. The molecule has 0 amide bonds. The van der Waals surface area contributed by atoms with Crippen LogP contribution in [0.2, 0.25) is 5.28 Å². The molecular weight excluding hydrogens is 276 g/mol. The average Bonchev–Trinajstić information content (AvgIpc) is 2.40. The monoisotopic (exact) mass is 298 g/mol. The molecule has 0 spiro atoms. The Kier molecular flexibility index (Phi) is 5.37. The number of anilines is 2.